The van der Waals surface area contributed by atoms with Crippen LogP contribution in [0.25, 0.3) is 0 Å². The molecule has 2 aliphatic heterocycles. The molecule has 1 N–H and O–H groups in total. The molecule has 0 unspecified atom stereocenters. The second-order valence-electron chi connectivity index (χ2n) is 7.16. The van der Waals surface area contributed by atoms with Crippen molar-refractivity contribution in [3.63, 3.8) is 0 Å². The van der Waals surface area contributed by atoms with Gasteiger partial charge in [0, 0.05) is 38.1 Å². The smallest absolute Gasteiger partial charge is 0.255 e. The number of para-hydroxylation sites is 1. The highest BCUT2D eigenvalue weighted by molar-refractivity contribution is 6.00. The Labute approximate surface area is 159 Å². The van der Waals surface area contributed by atoms with Crippen LogP contribution in [0.3, 0.4) is 0 Å². The Hall–Kier alpha value is -2.44. The molecule has 0 atom stereocenters. The van der Waals surface area contributed by atoms with E-state index in [1.54, 1.807) is 6.20 Å². The standard InChI is InChI=1S/C21H25N3O3/c25-20(17-5-1-2-6-18(17)23-13-15-27-16-14-23)24-11-8-21(26,9-12-24)19-7-3-4-10-22-19/h1-7,10,26H,8-9,11-16H2. The number of aliphatic hydroxyl groups is 1. The molecule has 4 rings (SSSR count). The van der Waals surface area contributed by atoms with Crippen LogP contribution in [0.1, 0.15) is 28.9 Å². The maximum atomic E-state index is 13.2. The molecule has 1 aromatic carbocycles. The van der Waals surface area contributed by atoms with Crippen molar-refractivity contribution >= 4 is 11.6 Å². The molecular formula is C21H25N3O3. The van der Waals surface area contributed by atoms with Gasteiger partial charge in [0.05, 0.1) is 24.5 Å². The van der Waals surface area contributed by atoms with E-state index in [9.17, 15) is 9.90 Å². The summed E-state index contributed by atoms with van der Waals surface area (Å²) in [5, 5.41) is 10.9. The van der Waals surface area contributed by atoms with Crippen LogP contribution in [-0.2, 0) is 10.3 Å². The predicted octanol–water partition coefficient (Wildman–Crippen LogP) is 2.04. The lowest BCUT2D eigenvalue weighted by Gasteiger charge is -2.38. The number of nitrogens with zero attached hydrogens (tertiary/aromatic N) is 3. The third-order valence-corrected chi connectivity index (χ3v) is 5.51. The topological polar surface area (TPSA) is 65.9 Å². The van der Waals surface area contributed by atoms with E-state index >= 15 is 0 Å². The van der Waals surface area contributed by atoms with Crippen LogP contribution in [0.15, 0.2) is 48.7 Å². The van der Waals surface area contributed by atoms with Gasteiger partial charge in [-0.2, -0.15) is 0 Å². The minimum Gasteiger partial charge on any atom is -0.383 e. The normalized spacial score (nSPS) is 19.7. The number of benzene rings is 1. The van der Waals surface area contributed by atoms with Gasteiger partial charge in [0.15, 0.2) is 0 Å². The second-order valence-corrected chi connectivity index (χ2v) is 7.16. The molecule has 27 heavy (non-hydrogen) atoms. The molecule has 1 aromatic heterocycles. The second kappa shape index (κ2) is 7.66. The average molecular weight is 367 g/mol. The molecule has 1 amide bonds. The van der Waals surface area contributed by atoms with Crippen molar-refractivity contribution in [1.29, 1.82) is 0 Å². The fourth-order valence-corrected chi connectivity index (χ4v) is 3.88. The van der Waals surface area contributed by atoms with Crippen LogP contribution >= 0.6 is 0 Å². The summed E-state index contributed by atoms with van der Waals surface area (Å²) in [5.74, 6) is 0.0279. The summed E-state index contributed by atoms with van der Waals surface area (Å²) >= 11 is 0. The number of amides is 1. The summed E-state index contributed by atoms with van der Waals surface area (Å²) in [6, 6.07) is 13.4. The summed E-state index contributed by atoms with van der Waals surface area (Å²) < 4.78 is 5.43. The van der Waals surface area contributed by atoms with Crippen molar-refractivity contribution in [2.45, 2.75) is 18.4 Å². The zero-order chi connectivity index (χ0) is 18.7. The van der Waals surface area contributed by atoms with Crippen LogP contribution in [-0.4, -0.2) is 60.3 Å². The van der Waals surface area contributed by atoms with Gasteiger partial charge in [-0.25, -0.2) is 0 Å². The first kappa shape index (κ1) is 17.9. The zero-order valence-electron chi connectivity index (χ0n) is 15.4. The number of pyridine rings is 1. The molecule has 2 saturated heterocycles. The molecule has 3 heterocycles. The van der Waals surface area contributed by atoms with E-state index in [0.29, 0.717) is 44.8 Å². The Morgan fingerprint density at radius 1 is 1.00 bits per heavy atom. The summed E-state index contributed by atoms with van der Waals surface area (Å²) in [6.07, 6.45) is 2.69. The van der Waals surface area contributed by atoms with Crippen molar-refractivity contribution in [3.8, 4) is 0 Å². The van der Waals surface area contributed by atoms with E-state index in [-0.39, 0.29) is 5.91 Å². The van der Waals surface area contributed by atoms with Gasteiger partial charge in [-0.3, -0.25) is 9.78 Å². The molecule has 0 spiro atoms. The predicted molar refractivity (Wildman–Crippen MR) is 103 cm³/mol. The molecule has 0 aliphatic carbocycles. The molecule has 142 valence electrons. The number of carbonyl (C=O) groups is 1. The number of likely N-dealkylation sites (tertiary alicyclic amines) is 1. The molecule has 2 aromatic rings. The summed E-state index contributed by atoms with van der Waals surface area (Å²) in [4.78, 5) is 21.5. The Morgan fingerprint density at radius 2 is 1.70 bits per heavy atom. The van der Waals surface area contributed by atoms with Gasteiger partial charge in [-0.15, -0.1) is 0 Å². The van der Waals surface area contributed by atoms with E-state index in [0.717, 1.165) is 24.3 Å². The van der Waals surface area contributed by atoms with Crippen molar-refractivity contribution in [3.05, 3.63) is 59.9 Å². The number of hydrogen-bond donors (Lipinski definition) is 1. The zero-order valence-corrected chi connectivity index (χ0v) is 15.4. The van der Waals surface area contributed by atoms with Gasteiger partial charge in [0.2, 0.25) is 0 Å². The highest BCUT2D eigenvalue weighted by Crippen LogP contribution is 2.33. The Morgan fingerprint density at radius 3 is 2.41 bits per heavy atom. The van der Waals surface area contributed by atoms with E-state index in [1.807, 2.05) is 47.4 Å². The summed E-state index contributed by atoms with van der Waals surface area (Å²) in [7, 11) is 0. The lowest BCUT2D eigenvalue weighted by atomic mass is 9.87. The number of rotatable bonds is 3. The molecular weight excluding hydrogens is 342 g/mol. The van der Waals surface area contributed by atoms with E-state index in [4.69, 9.17) is 4.74 Å². The van der Waals surface area contributed by atoms with Crippen LogP contribution in [0.2, 0.25) is 0 Å². The van der Waals surface area contributed by atoms with Crippen molar-refractivity contribution in [1.82, 2.24) is 9.88 Å². The van der Waals surface area contributed by atoms with Gasteiger partial charge in [-0.05, 0) is 37.1 Å². The highest BCUT2D eigenvalue weighted by atomic mass is 16.5. The lowest BCUT2D eigenvalue weighted by molar-refractivity contribution is -0.0244. The lowest BCUT2D eigenvalue weighted by Crippen LogP contribution is -2.46. The first-order valence-electron chi connectivity index (χ1n) is 9.52. The third-order valence-electron chi connectivity index (χ3n) is 5.51. The molecule has 6 nitrogen and oxygen atoms in total. The number of anilines is 1. The van der Waals surface area contributed by atoms with E-state index in [2.05, 4.69) is 9.88 Å². The quantitative estimate of drug-likeness (QED) is 0.899. The fraction of sp³-hybridized carbons (Fsp3) is 0.429. The van der Waals surface area contributed by atoms with Gasteiger partial charge in [0.1, 0.15) is 5.60 Å². The minimum absolute atomic E-state index is 0.0279. The van der Waals surface area contributed by atoms with Gasteiger partial charge in [-0.1, -0.05) is 18.2 Å². The van der Waals surface area contributed by atoms with Crippen molar-refractivity contribution in [2.75, 3.05) is 44.3 Å². The molecule has 0 bridgehead atoms. The molecule has 0 radical (unpaired) electrons. The minimum atomic E-state index is -0.957. The summed E-state index contributed by atoms with van der Waals surface area (Å²) in [6.45, 7) is 3.99. The first-order valence-corrected chi connectivity index (χ1v) is 9.52. The number of morpholine rings is 1. The molecule has 0 saturated carbocycles. The van der Waals surface area contributed by atoms with Crippen LogP contribution in [0, 0.1) is 0 Å². The Kier molecular flexibility index (Phi) is 5.09. The van der Waals surface area contributed by atoms with E-state index < -0.39 is 5.60 Å². The SMILES string of the molecule is O=C(c1ccccc1N1CCOCC1)N1CCC(O)(c2ccccn2)CC1. The van der Waals surface area contributed by atoms with Gasteiger partial charge < -0.3 is 19.6 Å². The maximum absolute atomic E-state index is 13.2. The van der Waals surface area contributed by atoms with Crippen LogP contribution < -0.4 is 4.90 Å². The van der Waals surface area contributed by atoms with Crippen molar-refractivity contribution in [2.24, 2.45) is 0 Å². The largest absolute Gasteiger partial charge is 0.383 e. The van der Waals surface area contributed by atoms with E-state index in [1.165, 1.54) is 0 Å². The van der Waals surface area contributed by atoms with Crippen molar-refractivity contribution < 1.29 is 14.6 Å². The number of ether oxygens (including phenoxy) is 1. The first-order chi connectivity index (χ1) is 13.2. The number of hydrogen-bond acceptors (Lipinski definition) is 5. The monoisotopic (exact) mass is 367 g/mol. The third kappa shape index (κ3) is 3.68. The number of piperidine rings is 1. The Bertz CT molecular complexity index is 782. The Balaban J connectivity index is 1.49. The van der Waals surface area contributed by atoms with Crippen LogP contribution in [0.4, 0.5) is 5.69 Å². The number of carbonyl (C=O) groups excluding carboxylic acids is 1. The highest BCUT2D eigenvalue weighted by Gasteiger charge is 2.37. The molecule has 2 aliphatic rings. The average Bonchev–Trinajstić information content (AvgIpc) is 2.75. The van der Waals surface area contributed by atoms with Crippen LogP contribution in [0.5, 0.6) is 0 Å². The summed E-state index contributed by atoms with van der Waals surface area (Å²) in [5.41, 5.74) is 1.42. The maximum Gasteiger partial charge on any atom is 0.255 e. The molecule has 6 heteroatoms. The fourth-order valence-electron chi connectivity index (χ4n) is 3.88. The number of aromatic nitrogens is 1. The molecule has 2 fully saturated rings. The van der Waals surface area contributed by atoms with Gasteiger partial charge >= 0.3 is 0 Å². The van der Waals surface area contributed by atoms with Gasteiger partial charge in [0.25, 0.3) is 5.91 Å².